The van der Waals surface area contributed by atoms with Crippen molar-refractivity contribution in [2.75, 3.05) is 19.0 Å². The summed E-state index contributed by atoms with van der Waals surface area (Å²) in [5.41, 5.74) is 5.45. The Balaban J connectivity index is 1.91. The number of anilines is 1. The number of carbonyl (C=O) groups excluding carboxylic acids is 1. The van der Waals surface area contributed by atoms with Crippen LogP contribution in [0, 0.1) is 0 Å². The quantitative estimate of drug-likeness (QED) is 0.199. The van der Waals surface area contributed by atoms with E-state index in [1.54, 1.807) is 3.58 Å². The van der Waals surface area contributed by atoms with Crippen LogP contribution in [-0.2, 0) is 6.42 Å². The van der Waals surface area contributed by atoms with Crippen molar-refractivity contribution in [1.82, 2.24) is 0 Å². The van der Waals surface area contributed by atoms with E-state index in [2.05, 4.69) is 88.3 Å². The Bertz CT molecular complexity index is 936. The van der Waals surface area contributed by atoms with Gasteiger partial charge in [-0.1, -0.05) is 0 Å². The normalized spacial score (nSPS) is 14.7. The van der Waals surface area contributed by atoms with E-state index in [1.807, 2.05) is 0 Å². The fourth-order valence-corrected chi connectivity index (χ4v) is 21.2. The van der Waals surface area contributed by atoms with Crippen LogP contribution >= 0.6 is 0 Å². The topological polar surface area (TPSA) is 20.3 Å². The molecule has 0 saturated carbocycles. The number of unbranched alkanes of at least 4 members (excludes halogenated alkanes) is 3. The zero-order chi connectivity index (χ0) is 23.8. The van der Waals surface area contributed by atoms with Crippen LogP contribution in [0.2, 0.25) is 13.3 Å². The first-order valence-electron chi connectivity index (χ1n) is 13.1. The Kier molecular flexibility index (Phi) is 9.67. The van der Waals surface area contributed by atoms with Gasteiger partial charge in [-0.05, 0) is 0 Å². The zero-order valence-corrected chi connectivity index (χ0v) is 24.4. The molecule has 3 heteroatoms. The molecule has 33 heavy (non-hydrogen) atoms. The van der Waals surface area contributed by atoms with E-state index in [0.717, 1.165) is 23.1 Å². The number of hydrogen-bond donors (Lipinski definition) is 0. The van der Waals surface area contributed by atoms with E-state index >= 15 is 0 Å². The van der Waals surface area contributed by atoms with Crippen molar-refractivity contribution in [2.45, 2.75) is 79.0 Å². The number of allylic oxidation sites excluding steroid dienone is 1. The summed E-state index contributed by atoms with van der Waals surface area (Å²) in [6.07, 6.45) is 10.8. The number of ketones is 1. The second-order valence-corrected chi connectivity index (χ2v) is 23.4. The van der Waals surface area contributed by atoms with Gasteiger partial charge in [-0.2, -0.15) is 0 Å². The summed E-state index contributed by atoms with van der Waals surface area (Å²) >= 11 is -2.52. The number of benzene rings is 2. The Morgan fingerprint density at radius 2 is 1.42 bits per heavy atom. The number of rotatable bonds is 12. The fraction of sp³-hybridized carbons (Fsp3) is 0.500. The average molecular weight is 552 g/mol. The van der Waals surface area contributed by atoms with Crippen molar-refractivity contribution in [3.63, 3.8) is 0 Å². The molecular weight excluding hydrogens is 509 g/mol. The molecule has 0 spiro atoms. The Labute approximate surface area is 206 Å². The molecule has 1 aliphatic rings. The molecule has 2 aromatic rings. The number of carbonyl (C=O) groups is 1. The van der Waals surface area contributed by atoms with Gasteiger partial charge in [-0.25, -0.2) is 0 Å². The molecule has 0 heterocycles. The number of fused-ring (bicyclic) bond motifs is 1. The molecule has 0 saturated heterocycles. The van der Waals surface area contributed by atoms with Gasteiger partial charge in [0, 0.05) is 0 Å². The first kappa shape index (κ1) is 26.1. The molecule has 2 nitrogen and oxygen atoms in total. The van der Waals surface area contributed by atoms with Crippen molar-refractivity contribution in [2.24, 2.45) is 0 Å². The molecule has 178 valence electrons. The SMILES string of the molecule is CCC[CH2][Sn]([CH2]CCC)([CH2]CCC)[c]1ccc2c(c1)C(=O)/C(=C/c1ccc(N(C)C)cc1)C2. The molecule has 2 aromatic carbocycles. The Morgan fingerprint density at radius 1 is 0.848 bits per heavy atom. The van der Waals surface area contributed by atoms with Crippen molar-refractivity contribution >= 4 is 39.5 Å². The summed E-state index contributed by atoms with van der Waals surface area (Å²) in [5, 5.41) is 0. The van der Waals surface area contributed by atoms with Crippen LogP contribution in [0.1, 0.15) is 80.8 Å². The monoisotopic (exact) mass is 553 g/mol. The molecule has 0 fully saturated rings. The van der Waals surface area contributed by atoms with Crippen LogP contribution < -0.4 is 8.48 Å². The van der Waals surface area contributed by atoms with Gasteiger partial charge in [-0.3, -0.25) is 0 Å². The summed E-state index contributed by atoms with van der Waals surface area (Å²) in [6.45, 7) is 6.97. The summed E-state index contributed by atoms with van der Waals surface area (Å²) in [5.74, 6) is 0.255. The van der Waals surface area contributed by atoms with Crippen molar-refractivity contribution < 1.29 is 4.79 Å². The molecular formula is C30H43NOSn. The van der Waals surface area contributed by atoms with Crippen molar-refractivity contribution in [3.8, 4) is 0 Å². The third kappa shape index (κ3) is 6.32. The van der Waals surface area contributed by atoms with Gasteiger partial charge in [0.25, 0.3) is 0 Å². The third-order valence-corrected chi connectivity index (χ3v) is 23.0. The van der Waals surface area contributed by atoms with Gasteiger partial charge in [-0.15, -0.1) is 0 Å². The van der Waals surface area contributed by atoms with Crippen LogP contribution in [0.25, 0.3) is 6.08 Å². The maximum absolute atomic E-state index is 13.4. The van der Waals surface area contributed by atoms with Crippen LogP contribution in [0.4, 0.5) is 5.69 Å². The molecule has 1 aliphatic carbocycles. The van der Waals surface area contributed by atoms with E-state index in [1.165, 1.54) is 63.1 Å². The van der Waals surface area contributed by atoms with Gasteiger partial charge in [0.05, 0.1) is 0 Å². The maximum atomic E-state index is 13.4. The van der Waals surface area contributed by atoms with Gasteiger partial charge < -0.3 is 0 Å². The van der Waals surface area contributed by atoms with Crippen LogP contribution in [0.5, 0.6) is 0 Å². The van der Waals surface area contributed by atoms with E-state index in [0.29, 0.717) is 0 Å². The summed E-state index contributed by atoms with van der Waals surface area (Å²) in [7, 11) is 4.10. The molecule has 0 unspecified atom stereocenters. The van der Waals surface area contributed by atoms with E-state index in [4.69, 9.17) is 0 Å². The Morgan fingerprint density at radius 3 is 1.94 bits per heavy atom. The van der Waals surface area contributed by atoms with Gasteiger partial charge >= 0.3 is 207 Å². The number of hydrogen-bond acceptors (Lipinski definition) is 2. The zero-order valence-electron chi connectivity index (χ0n) is 21.5. The Hall–Kier alpha value is -1.55. The van der Waals surface area contributed by atoms with E-state index in [-0.39, 0.29) is 5.78 Å². The molecule has 0 amide bonds. The van der Waals surface area contributed by atoms with Crippen molar-refractivity contribution in [1.29, 1.82) is 0 Å². The standard InChI is InChI=1S/C18H16NO.3C4H9.Sn/c1-19(2)16-9-7-13(8-10-16)11-15-12-14-5-3-4-6-17(14)18(15)20;3*1-3-4-2;/h3,5-11H,12H2,1-2H3;3*1,3-4H2,2H3;/b15-11+;;;;. The predicted molar refractivity (Wildman–Crippen MR) is 148 cm³/mol. The summed E-state index contributed by atoms with van der Waals surface area (Å²) in [4.78, 5) is 15.5. The molecule has 3 rings (SSSR count). The first-order valence-corrected chi connectivity index (χ1v) is 20.6. The fourth-order valence-electron chi connectivity index (χ4n) is 5.27. The van der Waals surface area contributed by atoms with Crippen molar-refractivity contribution in [3.05, 3.63) is 64.7 Å². The number of nitrogens with zero attached hydrogens (tertiary/aromatic N) is 1. The second-order valence-electron chi connectivity index (χ2n) is 10.1. The molecule has 0 bridgehead atoms. The van der Waals surface area contributed by atoms with Gasteiger partial charge in [0.1, 0.15) is 0 Å². The minimum absolute atomic E-state index is 0.255. The van der Waals surface area contributed by atoms with Crippen LogP contribution in [-0.4, -0.2) is 38.3 Å². The summed E-state index contributed by atoms with van der Waals surface area (Å²) < 4.78 is 5.94. The first-order chi connectivity index (χ1) is 15.9. The molecule has 0 N–H and O–H groups in total. The molecule has 0 aromatic heterocycles. The third-order valence-electron chi connectivity index (χ3n) is 7.42. The van der Waals surface area contributed by atoms with Crippen LogP contribution in [0.15, 0.2) is 48.0 Å². The predicted octanol–water partition coefficient (Wildman–Crippen LogP) is 7.63. The summed E-state index contributed by atoms with van der Waals surface area (Å²) in [6, 6.07) is 15.6. The van der Waals surface area contributed by atoms with E-state index in [9.17, 15) is 4.79 Å². The second kappa shape index (κ2) is 12.2. The van der Waals surface area contributed by atoms with Crippen LogP contribution in [0.3, 0.4) is 0 Å². The number of Topliss-reactive ketones (excluding diaryl/α,β-unsaturated/α-hetero) is 1. The molecule has 0 aliphatic heterocycles. The molecule has 0 radical (unpaired) electrons. The average Bonchev–Trinajstić information content (AvgIpc) is 3.13. The van der Waals surface area contributed by atoms with Gasteiger partial charge in [0.2, 0.25) is 0 Å². The molecule has 0 atom stereocenters. The minimum atomic E-state index is -2.52. The van der Waals surface area contributed by atoms with Gasteiger partial charge in [0.15, 0.2) is 0 Å². The van der Waals surface area contributed by atoms with E-state index < -0.39 is 18.4 Å².